The number of piperidine rings is 3. The van der Waals surface area contributed by atoms with Gasteiger partial charge >= 0.3 is 18.1 Å². The first kappa shape index (κ1) is 38.5. The van der Waals surface area contributed by atoms with E-state index in [0.29, 0.717) is 81.4 Å². The molecule has 0 unspecified atom stereocenters. The molecule has 4 aliphatic rings. The second-order valence-corrected chi connectivity index (χ2v) is 15.3. The molecule has 12 nitrogen and oxygen atoms in total. The first-order valence-corrected chi connectivity index (χ1v) is 19.7. The summed E-state index contributed by atoms with van der Waals surface area (Å²) < 4.78 is 11.2. The number of carbonyl (C=O) groups is 4. The number of ether oxygens (including phenoxy) is 2. The summed E-state index contributed by atoms with van der Waals surface area (Å²) in [4.78, 5) is 60.6. The number of aromatic hydroxyl groups is 1. The quantitative estimate of drug-likeness (QED) is 0.278. The van der Waals surface area contributed by atoms with Crippen molar-refractivity contribution in [3.63, 3.8) is 0 Å². The fourth-order valence-electron chi connectivity index (χ4n) is 8.78. The number of phenolic OH excluding ortho intramolecular Hbond substituents is 1. The zero-order valence-electron chi connectivity index (χ0n) is 31.7. The van der Waals surface area contributed by atoms with E-state index in [1.807, 2.05) is 68.8 Å². The van der Waals surface area contributed by atoms with Crippen LogP contribution in [-0.2, 0) is 31.9 Å². The fraction of sp³-hybridized carbons (Fsp3) is 0.590. The van der Waals surface area contributed by atoms with Crippen molar-refractivity contribution < 1.29 is 33.8 Å². The zero-order chi connectivity index (χ0) is 37.5. The average molecular weight is 728 g/mol. The smallest absolute Gasteiger partial charge is 0.410 e. The van der Waals surface area contributed by atoms with Crippen molar-refractivity contribution in [3.8, 4) is 5.75 Å². The second kappa shape index (κ2) is 17.8. The Morgan fingerprint density at radius 3 is 2.17 bits per heavy atom. The third kappa shape index (κ3) is 9.68. The number of urea groups is 1. The number of esters is 1. The Hall–Kier alpha value is -4.19. The van der Waals surface area contributed by atoms with Gasteiger partial charge in [-0.2, -0.15) is 0 Å². The Labute approximate surface area is 315 Å². The number of benzene rings is 2. The normalized spacial score (nSPS) is 19.9. The minimum atomic E-state index is -0.988. The number of fused-ring (bicyclic) bond motifs is 1. The van der Waals surface area contributed by atoms with E-state index in [1.165, 1.54) is 0 Å². The molecule has 2 N–H and O–H groups in total. The summed E-state index contributed by atoms with van der Waals surface area (Å²) in [6, 6.07) is 11.5. The molecule has 1 atom stereocenters. The van der Waals surface area contributed by atoms with Gasteiger partial charge in [0.2, 0.25) is 0 Å². The number of carbonyl (C=O) groups excluding carboxylic acids is 4. The molecular formula is C39H55B2N5O7. The van der Waals surface area contributed by atoms with Crippen LogP contribution in [0.1, 0.15) is 63.0 Å². The lowest BCUT2D eigenvalue weighted by molar-refractivity contribution is -0.144. The van der Waals surface area contributed by atoms with Crippen LogP contribution in [0.15, 0.2) is 36.4 Å². The fourth-order valence-corrected chi connectivity index (χ4v) is 8.78. The summed E-state index contributed by atoms with van der Waals surface area (Å²) in [7, 11) is 3.66. The predicted octanol–water partition coefficient (Wildman–Crippen LogP) is 1.42. The van der Waals surface area contributed by atoms with E-state index < -0.39 is 12.2 Å². The number of para-hydroxylation sites is 1. The number of nitrogens with one attached hydrogen (secondary N) is 1. The summed E-state index contributed by atoms with van der Waals surface area (Å²) >= 11 is 0. The highest BCUT2D eigenvalue weighted by molar-refractivity contribution is 6.41. The third-order valence-electron chi connectivity index (χ3n) is 11.9. The molecule has 0 spiro atoms. The maximum absolute atomic E-state index is 14.2. The molecule has 53 heavy (non-hydrogen) atoms. The van der Waals surface area contributed by atoms with Crippen LogP contribution in [0.5, 0.6) is 5.75 Å². The molecule has 0 radical (unpaired) electrons. The molecule has 6 rings (SSSR count). The highest BCUT2D eigenvalue weighted by Gasteiger charge is 2.37. The first-order valence-electron chi connectivity index (χ1n) is 19.7. The number of amides is 4. The van der Waals surface area contributed by atoms with Gasteiger partial charge in [0, 0.05) is 57.4 Å². The van der Waals surface area contributed by atoms with Crippen molar-refractivity contribution in [2.45, 2.75) is 76.9 Å². The minimum Gasteiger partial charge on any atom is -0.509 e. The molecule has 0 saturated carbocycles. The molecule has 2 aromatic rings. The Bertz CT molecular complexity index is 1600. The monoisotopic (exact) mass is 727 g/mol. The van der Waals surface area contributed by atoms with Gasteiger partial charge in [0.15, 0.2) is 6.10 Å². The van der Waals surface area contributed by atoms with Gasteiger partial charge < -0.3 is 39.5 Å². The zero-order valence-corrected chi connectivity index (χ0v) is 31.7. The van der Waals surface area contributed by atoms with Crippen molar-refractivity contribution >= 4 is 56.3 Å². The number of rotatable bonds is 10. The predicted molar refractivity (Wildman–Crippen MR) is 209 cm³/mol. The second-order valence-electron chi connectivity index (χ2n) is 15.3. The number of hydrogen-bond donors (Lipinski definition) is 2. The summed E-state index contributed by atoms with van der Waals surface area (Å²) in [5, 5.41) is 13.4. The van der Waals surface area contributed by atoms with E-state index in [-0.39, 0.29) is 36.1 Å². The third-order valence-corrected chi connectivity index (χ3v) is 11.9. The van der Waals surface area contributed by atoms with Crippen molar-refractivity contribution in [2.24, 2.45) is 11.8 Å². The molecule has 0 aromatic heterocycles. The van der Waals surface area contributed by atoms with Gasteiger partial charge in [-0.25, -0.2) is 9.59 Å². The van der Waals surface area contributed by atoms with Crippen LogP contribution in [0.4, 0.5) is 15.3 Å². The van der Waals surface area contributed by atoms with Gasteiger partial charge in [-0.1, -0.05) is 30.3 Å². The van der Waals surface area contributed by atoms with Crippen LogP contribution in [0.2, 0.25) is 0 Å². The van der Waals surface area contributed by atoms with Gasteiger partial charge in [0.05, 0.1) is 13.0 Å². The summed E-state index contributed by atoms with van der Waals surface area (Å²) in [6.07, 6.45) is 5.20. The van der Waals surface area contributed by atoms with E-state index in [9.17, 15) is 24.3 Å². The van der Waals surface area contributed by atoms with Gasteiger partial charge in [-0.05, 0) is 105 Å². The van der Waals surface area contributed by atoms with Gasteiger partial charge in [0.1, 0.15) is 21.4 Å². The van der Waals surface area contributed by atoms with E-state index in [0.717, 1.165) is 68.6 Å². The van der Waals surface area contributed by atoms with Gasteiger partial charge in [-0.15, -0.1) is 0 Å². The molecule has 2 aromatic carbocycles. The minimum absolute atomic E-state index is 0.00636. The number of phenols is 1. The Balaban J connectivity index is 1.03. The Kier molecular flexibility index (Phi) is 12.9. The summed E-state index contributed by atoms with van der Waals surface area (Å²) in [6.45, 7) is 7.68. The maximum atomic E-state index is 14.2. The number of nitrogens with zero attached hydrogens (tertiary/aromatic N) is 4. The molecule has 4 amide bonds. The van der Waals surface area contributed by atoms with E-state index in [4.69, 9.17) is 9.47 Å². The largest absolute Gasteiger partial charge is 0.509 e. The molecule has 4 aliphatic heterocycles. The van der Waals surface area contributed by atoms with Crippen LogP contribution < -0.4 is 16.2 Å². The van der Waals surface area contributed by atoms with Gasteiger partial charge in [0.25, 0.3) is 5.91 Å². The highest BCUT2D eigenvalue weighted by atomic mass is 16.6. The van der Waals surface area contributed by atoms with Crippen molar-refractivity contribution in [2.75, 3.05) is 64.3 Å². The molecule has 3 fully saturated rings. The lowest BCUT2D eigenvalue weighted by Crippen LogP contribution is -2.52. The molecular weight excluding hydrogens is 672 g/mol. The van der Waals surface area contributed by atoms with Crippen molar-refractivity contribution in [1.82, 2.24) is 19.6 Å². The lowest BCUT2D eigenvalue weighted by atomic mass is 9.78. The van der Waals surface area contributed by atoms with E-state index in [1.54, 1.807) is 4.90 Å². The molecule has 3 saturated heterocycles. The van der Waals surface area contributed by atoms with E-state index >= 15 is 0 Å². The van der Waals surface area contributed by atoms with Crippen LogP contribution in [0.3, 0.4) is 0 Å². The van der Waals surface area contributed by atoms with Crippen LogP contribution >= 0.6 is 0 Å². The van der Waals surface area contributed by atoms with Crippen LogP contribution in [0, 0.1) is 11.8 Å². The Morgan fingerprint density at radius 1 is 0.887 bits per heavy atom. The maximum Gasteiger partial charge on any atom is 0.410 e. The topological polar surface area (TPSA) is 132 Å². The van der Waals surface area contributed by atoms with Gasteiger partial charge in [-0.3, -0.25) is 9.59 Å². The molecule has 14 heteroatoms. The van der Waals surface area contributed by atoms with Crippen LogP contribution in [-0.4, -0.2) is 136 Å². The molecule has 284 valence electrons. The molecule has 4 heterocycles. The summed E-state index contributed by atoms with van der Waals surface area (Å²) in [5.74, 6) is 1.05. The number of hydrogen-bond acceptors (Lipinski definition) is 8. The van der Waals surface area contributed by atoms with Crippen LogP contribution in [0.25, 0.3) is 0 Å². The average Bonchev–Trinajstić information content (AvgIpc) is 3.34. The number of anilines is 1. The summed E-state index contributed by atoms with van der Waals surface area (Å²) in [5.41, 5.74) is 4.24. The SMILES string of the molecule is Bc1cc(C[C@@H](OC(=O)N2CCC(N3CCc4ccccc4NC3=O)CC2)C(=O)N2CCC(C3CCN(CCC(=O)OCC)CC3)CC2)cc(B)c1O. The van der Waals surface area contributed by atoms with E-state index in [2.05, 4.69) is 10.2 Å². The van der Waals surface area contributed by atoms with Crippen molar-refractivity contribution in [3.05, 3.63) is 47.5 Å². The lowest BCUT2D eigenvalue weighted by Gasteiger charge is -2.41. The standard InChI is InChI=1S/C39H55B2N5O7/c1-2-52-35(47)14-17-43-15-7-27(8-16-43)28-9-18-44(19-10-28)37(49)34(25-26-23-31(40)36(48)32(41)24-26)53-39(51)45-20-12-30(13-21-45)46-22-11-29-5-3-4-6-33(29)42-38(46)50/h3-6,23-24,27-28,30,34,48H,2,7-22,25,40-41H2,1H3,(H,42,50)/t34-/m1/s1. The first-order chi connectivity index (χ1) is 25.6. The molecule has 0 aliphatic carbocycles. The Morgan fingerprint density at radius 2 is 1.51 bits per heavy atom. The number of likely N-dealkylation sites (tertiary alicyclic amines) is 3. The highest BCUT2D eigenvalue weighted by Crippen LogP contribution is 2.33. The molecule has 0 bridgehead atoms. The van der Waals surface area contributed by atoms with Crippen molar-refractivity contribution in [1.29, 1.82) is 0 Å².